The maximum absolute atomic E-state index is 7.18. The maximum Gasteiger partial charge on any atom is 0.179 e. The number of para-hydroxylation sites is 5. The Kier molecular flexibility index (Phi) is 8.08. The van der Waals surface area contributed by atoms with Crippen molar-refractivity contribution in [3.05, 3.63) is 241 Å². The highest BCUT2D eigenvalue weighted by molar-refractivity contribution is 7.99. The topological polar surface area (TPSA) is 69.0 Å². The van der Waals surface area contributed by atoms with E-state index in [2.05, 4.69) is 179 Å². The smallest absolute Gasteiger partial charge is 0.179 e. The molecule has 12 aromatic rings. The number of fused-ring (bicyclic) bond motifs is 16. The lowest BCUT2D eigenvalue weighted by Gasteiger charge is -2.41. The third-order valence-corrected chi connectivity index (χ3v) is 15.3. The van der Waals surface area contributed by atoms with E-state index in [0.717, 1.165) is 94.3 Å². The Hall–Kier alpha value is -8.85. The molecule has 7 nitrogen and oxygen atoms in total. The van der Waals surface area contributed by atoms with Gasteiger partial charge >= 0.3 is 0 Å². The summed E-state index contributed by atoms with van der Waals surface area (Å²) in [6.07, 6.45) is 1.87. The quantitative estimate of drug-likeness (QED) is 0.174. The van der Waals surface area contributed by atoms with Gasteiger partial charge in [-0.15, -0.1) is 0 Å². The van der Waals surface area contributed by atoms with Crippen LogP contribution >= 0.6 is 11.8 Å². The lowest BCUT2D eigenvalue weighted by Crippen LogP contribution is -2.32. The summed E-state index contributed by atoms with van der Waals surface area (Å²) < 4.78 is 9.56. The van der Waals surface area contributed by atoms with E-state index in [1.54, 1.807) is 11.8 Å². The number of benzene rings is 8. The van der Waals surface area contributed by atoms with Crippen molar-refractivity contribution >= 4 is 61.5 Å². The first-order valence-electron chi connectivity index (χ1n) is 23.1. The van der Waals surface area contributed by atoms with Gasteiger partial charge in [0, 0.05) is 44.2 Å². The monoisotopic (exact) mass is 900 g/mol. The number of pyridine rings is 2. The van der Waals surface area contributed by atoms with Gasteiger partial charge in [-0.1, -0.05) is 151 Å². The van der Waals surface area contributed by atoms with E-state index in [1.807, 2.05) is 48.7 Å². The molecule has 0 saturated carbocycles. The Bertz CT molecular complexity index is 4080. The average Bonchev–Trinajstić information content (AvgIpc) is 3.91. The molecule has 0 bridgehead atoms. The van der Waals surface area contributed by atoms with Crippen LogP contribution in [-0.2, 0) is 5.41 Å². The van der Waals surface area contributed by atoms with Gasteiger partial charge in [-0.05, 0) is 95.1 Å². The fraction of sp³-hybridized carbons (Fsp3) is 0.0164. The second-order valence-corrected chi connectivity index (χ2v) is 18.8. The lowest BCUT2D eigenvalue weighted by molar-refractivity contribution is 0.461. The van der Waals surface area contributed by atoms with Crippen LogP contribution in [0.15, 0.2) is 228 Å². The van der Waals surface area contributed by atoms with Gasteiger partial charge in [0.15, 0.2) is 17.3 Å². The molecule has 4 aromatic heterocycles. The second kappa shape index (κ2) is 14.6. The number of anilines is 3. The van der Waals surface area contributed by atoms with Crippen LogP contribution in [0, 0.1) is 0 Å². The zero-order chi connectivity index (χ0) is 45.2. The van der Waals surface area contributed by atoms with Gasteiger partial charge in [0.1, 0.15) is 5.69 Å². The average molecular weight is 901 g/mol. The minimum atomic E-state index is -0.752. The summed E-state index contributed by atoms with van der Waals surface area (Å²) in [4.78, 5) is 25.5. The van der Waals surface area contributed by atoms with Gasteiger partial charge in [0.05, 0.1) is 55.3 Å². The van der Waals surface area contributed by atoms with Gasteiger partial charge < -0.3 is 14.2 Å². The van der Waals surface area contributed by atoms with Gasteiger partial charge in [0.25, 0.3) is 0 Å². The number of hydrogen-bond donors (Lipinski definition) is 0. The zero-order valence-electron chi connectivity index (χ0n) is 36.8. The summed E-state index contributed by atoms with van der Waals surface area (Å²) >= 11 is 1.77. The Morgan fingerprint density at radius 2 is 1.16 bits per heavy atom. The van der Waals surface area contributed by atoms with Crippen LogP contribution in [0.3, 0.4) is 0 Å². The summed E-state index contributed by atoms with van der Waals surface area (Å²) in [6, 6.07) is 75.0. The molecular weight excluding hydrogens is 865 g/mol. The Morgan fingerprint density at radius 1 is 0.464 bits per heavy atom. The molecular formula is C61H36N6OS. The molecule has 0 N–H and O–H groups in total. The van der Waals surface area contributed by atoms with Crippen LogP contribution in [-0.4, -0.2) is 24.5 Å². The van der Waals surface area contributed by atoms with Crippen LogP contribution in [0.5, 0.6) is 11.5 Å². The molecule has 8 heteroatoms. The first-order valence-corrected chi connectivity index (χ1v) is 23.9. The highest BCUT2D eigenvalue weighted by Crippen LogP contribution is 2.65. The summed E-state index contributed by atoms with van der Waals surface area (Å²) in [7, 11) is 0. The predicted octanol–water partition coefficient (Wildman–Crippen LogP) is 15.3. The highest BCUT2D eigenvalue weighted by atomic mass is 32.2. The van der Waals surface area contributed by atoms with E-state index in [4.69, 9.17) is 24.7 Å². The van der Waals surface area contributed by atoms with Crippen LogP contribution in [0.25, 0.3) is 72.6 Å². The van der Waals surface area contributed by atoms with Crippen LogP contribution in [0.1, 0.15) is 22.3 Å². The van der Waals surface area contributed by atoms with E-state index >= 15 is 0 Å². The van der Waals surface area contributed by atoms with Crippen molar-refractivity contribution in [2.75, 3.05) is 4.90 Å². The first kappa shape index (κ1) is 38.3. The van der Waals surface area contributed by atoms with Crippen molar-refractivity contribution in [3.8, 4) is 51.3 Å². The van der Waals surface area contributed by atoms with Crippen molar-refractivity contribution in [1.29, 1.82) is 0 Å². The van der Waals surface area contributed by atoms with Gasteiger partial charge in [-0.3, -0.25) is 4.98 Å². The van der Waals surface area contributed by atoms with Crippen molar-refractivity contribution in [2.45, 2.75) is 15.2 Å². The van der Waals surface area contributed by atoms with Crippen LogP contribution in [0.2, 0.25) is 0 Å². The van der Waals surface area contributed by atoms with Crippen molar-refractivity contribution < 1.29 is 4.74 Å². The molecule has 1 atom stereocenters. The molecule has 2 aliphatic heterocycles. The largest absolute Gasteiger partial charge is 0.452 e. The molecule has 0 fully saturated rings. The first-order chi connectivity index (χ1) is 34.2. The predicted molar refractivity (Wildman–Crippen MR) is 277 cm³/mol. The van der Waals surface area contributed by atoms with E-state index in [1.165, 1.54) is 27.4 Å². The van der Waals surface area contributed by atoms with Gasteiger partial charge in [-0.2, -0.15) is 0 Å². The number of hydrogen-bond acceptors (Lipinski definition) is 7. The Balaban J connectivity index is 0.934. The molecule has 69 heavy (non-hydrogen) atoms. The van der Waals surface area contributed by atoms with E-state index < -0.39 is 5.41 Å². The molecule has 1 aliphatic carbocycles. The number of ether oxygens (including phenoxy) is 1. The second-order valence-electron chi connectivity index (χ2n) is 17.7. The SMILES string of the molecule is c1ccc(-c2nc(-c3ccc4c(n3)-c3ncccc3C43c4ccccc4Sc4c3ccc3c4Oc4ccccc4N3c3cccc(-n4c5ccccc5c5ccccc54)c3)nc3ccccc23)cc1. The number of rotatable bonds is 4. The van der Waals surface area contributed by atoms with E-state index in [0.29, 0.717) is 11.5 Å². The third kappa shape index (κ3) is 5.40. The molecule has 6 heterocycles. The van der Waals surface area contributed by atoms with E-state index in [9.17, 15) is 0 Å². The minimum Gasteiger partial charge on any atom is -0.452 e. The number of aromatic nitrogens is 5. The summed E-state index contributed by atoms with van der Waals surface area (Å²) in [5.74, 6) is 2.17. The lowest BCUT2D eigenvalue weighted by atomic mass is 9.67. The molecule has 1 unspecified atom stereocenters. The maximum atomic E-state index is 7.18. The summed E-state index contributed by atoms with van der Waals surface area (Å²) in [5, 5.41) is 3.46. The summed E-state index contributed by atoms with van der Waals surface area (Å²) in [6.45, 7) is 0. The van der Waals surface area contributed by atoms with Crippen LogP contribution < -0.4 is 9.64 Å². The minimum absolute atomic E-state index is 0.567. The standard InChI is InChI=1S/C61H36N6OS/c1-2-16-37(17-3-1)55-42-22-4-8-25-47(42)64-60(65-55)48-33-31-45-57(63-48)56-44(24-15-35-62-56)61(45)43-23-7-13-30-54(43)69-59-46(61)32-34-52-58(59)68-53-29-12-11-28-51(53)67(52)39-19-14-18-38(36-39)66-49-26-9-5-20-40(49)41-21-6-10-27-50(41)66/h1-36H. The molecule has 322 valence electrons. The number of nitrogens with zero attached hydrogens (tertiary/aromatic N) is 6. The van der Waals surface area contributed by atoms with Crippen molar-refractivity contribution in [3.63, 3.8) is 0 Å². The van der Waals surface area contributed by atoms with Crippen LogP contribution in [0.4, 0.5) is 17.1 Å². The molecule has 1 spiro atoms. The molecule has 0 radical (unpaired) electrons. The molecule has 0 amide bonds. The van der Waals surface area contributed by atoms with Crippen molar-refractivity contribution in [1.82, 2.24) is 24.5 Å². The molecule has 0 saturated heterocycles. The fourth-order valence-corrected chi connectivity index (χ4v) is 12.5. The third-order valence-electron chi connectivity index (χ3n) is 14.1. The zero-order valence-corrected chi connectivity index (χ0v) is 37.6. The van der Waals surface area contributed by atoms with Crippen molar-refractivity contribution in [2.24, 2.45) is 0 Å². The highest BCUT2D eigenvalue weighted by Gasteiger charge is 2.53. The summed E-state index contributed by atoms with van der Waals surface area (Å²) in [5.41, 5.74) is 15.2. The molecule has 3 aliphatic rings. The Labute approximate surface area is 401 Å². The normalized spacial score (nSPS) is 15.0. The van der Waals surface area contributed by atoms with E-state index in [-0.39, 0.29) is 0 Å². The van der Waals surface area contributed by atoms with Gasteiger partial charge in [0.2, 0.25) is 0 Å². The van der Waals surface area contributed by atoms with Gasteiger partial charge in [-0.25, -0.2) is 15.0 Å². The Morgan fingerprint density at radius 3 is 2.03 bits per heavy atom. The molecule has 8 aromatic carbocycles. The fourth-order valence-electron chi connectivity index (χ4n) is 11.3. The molecule has 15 rings (SSSR count).